The van der Waals surface area contributed by atoms with E-state index in [0.29, 0.717) is 32.1 Å². The van der Waals surface area contributed by atoms with Gasteiger partial charge in [0.1, 0.15) is 11.9 Å². The van der Waals surface area contributed by atoms with Crippen molar-refractivity contribution in [1.29, 1.82) is 0 Å². The minimum Gasteiger partial charge on any atom is -0.481 e. The van der Waals surface area contributed by atoms with E-state index < -0.39 is 0 Å². The fourth-order valence-electron chi connectivity index (χ4n) is 4.33. The normalized spacial score (nSPS) is 17.3. The molecule has 3 aromatic rings. The summed E-state index contributed by atoms with van der Waals surface area (Å²) in [6.07, 6.45) is 9.59. The molecule has 0 radical (unpaired) electrons. The number of hydrogen-bond acceptors (Lipinski definition) is 7. The molecule has 1 saturated heterocycles. The van der Waals surface area contributed by atoms with E-state index >= 15 is 0 Å². The molecule has 0 atom stereocenters. The van der Waals surface area contributed by atoms with Crippen LogP contribution in [0.15, 0.2) is 36.8 Å². The zero-order valence-electron chi connectivity index (χ0n) is 17.6. The average Bonchev–Trinajstić information content (AvgIpc) is 3.48. The lowest BCUT2D eigenvalue weighted by Crippen LogP contribution is -2.49. The number of fused-ring (bicyclic) bond motifs is 1. The number of carbonyl (C=O) groups is 1. The Kier molecular flexibility index (Phi) is 5.31. The largest absolute Gasteiger partial charge is 0.481 e. The van der Waals surface area contributed by atoms with Crippen LogP contribution in [0.5, 0.6) is 5.88 Å². The molecule has 162 valence electrons. The Morgan fingerprint density at radius 3 is 2.68 bits per heavy atom. The van der Waals surface area contributed by atoms with Crippen molar-refractivity contribution in [2.75, 3.05) is 38.2 Å². The van der Waals surface area contributed by atoms with Crippen molar-refractivity contribution in [2.45, 2.75) is 31.8 Å². The Bertz CT molecular complexity index is 1070. The summed E-state index contributed by atoms with van der Waals surface area (Å²) in [4.78, 5) is 25.6. The highest BCUT2D eigenvalue weighted by Gasteiger charge is 2.27. The second kappa shape index (κ2) is 8.41. The maximum absolute atomic E-state index is 12.4. The highest BCUT2D eigenvalue weighted by Crippen LogP contribution is 2.31. The molecule has 9 heteroatoms. The summed E-state index contributed by atoms with van der Waals surface area (Å²) < 4.78 is 12.8. The fraction of sp³-hybridized carbons (Fsp3) is 0.455. The maximum Gasteiger partial charge on any atom is 0.410 e. The van der Waals surface area contributed by atoms with E-state index in [1.807, 2.05) is 24.4 Å². The molecule has 9 nitrogen and oxygen atoms in total. The molecular formula is C22H26N6O3. The van der Waals surface area contributed by atoms with Crippen molar-refractivity contribution in [3.8, 4) is 17.0 Å². The monoisotopic (exact) mass is 422 g/mol. The SMILES string of the molecule is COc1ncccc1-c1cnn2ccc(N3CCN(C(=O)OC4CCCC4)CC3)nc12. The fourth-order valence-corrected chi connectivity index (χ4v) is 4.33. The number of hydrogen-bond donors (Lipinski definition) is 0. The van der Waals surface area contributed by atoms with Gasteiger partial charge in [0.25, 0.3) is 0 Å². The van der Waals surface area contributed by atoms with Gasteiger partial charge >= 0.3 is 6.09 Å². The van der Waals surface area contributed by atoms with E-state index in [1.54, 1.807) is 28.9 Å². The number of aromatic nitrogens is 4. The van der Waals surface area contributed by atoms with Crippen LogP contribution in [0.25, 0.3) is 16.8 Å². The van der Waals surface area contributed by atoms with Gasteiger partial charge in [0.15, 0.2) is 5.65 Å². The Balaban J connectivity index is 1.31. The summed E-state index contributed by atoms with van der Waals surface area (Å²) in [6.45, 7) is 2.67. The standard InChI is InChI=1S/C22H26N6O3/c1-30-21-17(7-4-9-23-21)18-15-24-28-10-8-19(25-20(18)28)26-11-13-27(14-12-26)22(29)31-16-5-2-3-6-16/h4,7-10,15-16H,2-3,5-6,11-14H2,1H3. The van der Waals surface area contributed by atoms with E-state index in [9.17, 15) is 4.79 Å². The molecular weight excluding hydrogens is 396 g/mol. The van der Waals surface area contributed by atoms with Crippen LogP contribution in [0, 0.1) is 0 Å². The second-order valence-corrected chi connectivity index (χ2v) is 7.94. The van der Waals surface area contributed by atoms with Crippen LogP contribution in [0.1, 0.15) is 25.7 Å². The lowest BCUT2D eigenvalue weighted by atomic mass is 10.1. The summed E-state index contributed by atoms with van der Waals surface area (Å²) >= 11 is 0. The Morgan fingerprint density at radius 2 is 1.90 bits per heavy atom. The number of carbonyl (C=O) groups excluding carboxylic acids is 1. The number of pyridine rings is 1. The lowest BCUT2D eigenvalue weighted by Gasteiger charge is -2.35. The Hall–Kier alpha value is -3.36. The summed E-state index contributed by atoms with van der Waals surface area (Å²) in [5.74, 6) is 1.40. The van der Waals surface area contributed by atoms with Crippen LogP contribution in [-0.4, -0.2) is 70.0 Å². The first-order valence-corrected chi connectivity index (χ1v) is 10.8. The minimum atomic E-state index is -0.184. The molecule has 1 aliphatic carbocycles. The molecule has 2 fully saturated rings. The van der Waals surface area contributed by atoms with Crippen molar-refractivity contribution in [3.05, 3.63) is 36.8 Å². The third-order valence-corrected chi connectivity index (χ3v) is 6.04. The predicted octanol–water partition coefficient (Wildman–Crippen LogP) is 3.00. The highest BCUT2D eigenvalue weighted by molar-refractivity contribution is 5.80. The third-order valence-electron chi connectivity index (χ3n) is 6.04. The smallest absolute Gasteiger partial charge is 0.410 e. The zero-order valence-corrected chi connectivity index (χ0v) is 17.6. The van der Waals surface area contributed by atoms with Crippen molar-refractivity contribution >= 4 is 17.6 Å². The van der Waals surface area contributed by atoms with Crippen LogP contribution in [-0.2, 0) is 4.74 Å². The van der Waals surface area contributed by atoms with Gasteiger partial charge in [-0.05, 0) is 43.9 Å². The molecule has 2 aliphatic rings. The quantitative estimate of drug-likeness (QED) is 0.639. The van der Waals surface area contributed by atoms with Crippen LogP contribution < -0.4 is 9.64 Å². The first kappa shape index (κ1) is 19.6. The molecule has 1 saturated carbocycles. The van der Waals surface area contributed by atoms with Crippen LogP contribution in [0.4, 0.5) is 10.6 Å². The van der Waals surface area contributed by atoms with Gasteiger partial charge < -0.3 is 19.3 Å². The summed E-state index contributed by atoms with van der Waals surface area (Å²) in [5, 5.41) is 4.42. The van der Waals surface area contributed by atoms with Gasteiger partial charge in [0.05, 0.1) is 18.9 Å². The van der Waals surface area contributed by atoms with Gasteiger partial charge in [0.2, 0.25) is 5.88 Å². The van der Waals surface area contributed by atoms with E-state index in [4.69, 9.17) is 14.5 Å². The number of methoxy groups -OCH3 is 1. The number of amides is 1. The molecule has 1 aliphatic heterocycles. The van der Waals surface area contributed by atoms with Gasteiger partial charge in [-0.2, -0.15) is 5.10 Å². The summed E-state index contributed by atoms with van der Waals surface area (Å²) in [5.41, 5.74) is 2.46. The van der Waals surface area contributed by atoms with Gasteiger partial charge in [-0.3, -0.25) is 0 Å². The number of anilines is 1. The van der Waals surface area contributed by atoms with Crippen LogP contribution >= 0.6 is 0 Å². The van der Waals surface area contributed by atoms with E-state index in [0.717, 1.165) is 48.3 Å². The van der Waals surface area contributed by atoms with Gasteiger partial charge in [-0.1, -0.05) is 0 Å². The predicted molar refractivity (Wildman–Crippen MR) is 115 cm³/mol. The van der Waals surface area contributed by atoms with E-state index in [1.165, 1.54) is 0 Å². The molecule has 0 aromatic carbocycles. The van der Waals surface area contributed by atoms with Gasteiger partial charge in [-0.15, -0.1) is 0 Å². The van der Waals surface area contributed by atoms with Crippen molar-refractivity contribution < 1.29 is 14.3 Å². The van der Waals surface area contributed by atoms with Crippen molar-refractivity contribution in [2.24, 2.45) is 0 Å². The zero-order chi connectivity index (χ0) is 21.2. The first-order chi connectivity index (χ1) is 15.2. The molecule has 4 heterocycles. The average molecular weight is 422 g/mol. The van der Waals surface area contributed by atoms with Crippen LogP contribution in [0.2, 0.25) is 0 Å². The Labute approximate surface area is 180 Å². The number of piperazine rings is 1. The highest BCUT2D eigenvalue weighted by atomic mass is 16.6. The third kappa shape index (κ3) is 3.87. The number of nitrogens with zero attached hydrogens (tertiary/aromatic N) is 6. The van der Waals surface area contributed by atoms with Gasteiger partial charge in [-0.25, -0.2) is 19.3 Å². The maximum atomic E-state index is 12.4. The second-order valence-electron chi connectivity index (χ2n) is 7.94. The molecule has 31 heavy (non-hydrogen) atoms. The molecule has 0 spiro atoms. The first-order valence-electron chi connectivity index (χ1n) is 10.8. The lowest BCUT2D eigenvalue weighted by molar-refractivity contribution is 0.0638. The molecule has 0 unspecified atom stereocenters. The molecule has 1 amide bonds. The Morgan fingerprint density at radius 1 is 1.10 bits per heavy atom. The molecule has 3 aromatic heterocycles. The number of rotatable bonds is 4. The number of ether oxygens (including phenoxy) is 2. The topological polar surface area (TPSA) is 85.1 Å². The van der Waals surface area contributed by atoms with Crippen LogP contribution in [0.3, 0.4) is 0 Å². The molecule has 0 bridgehead atoms. The van der Waals surface area contributed by atoms with E-state index in [2.05, 4.69) is 15.0 Å². The van der Waals surface area contributed by atoms with E-state index in [-0.39, 0.29) is 12.2 Å². The summed E-state index contributed by atoms with van der Waals surface area (Å²) in [6, 6.07) is 5.78. The minimum absolute atomic E-state index is 0.0966. The molecule has 0 N–H and O–H groups in total. The molecule has 5 rings (SSSR count). The van der Waals surface area contributed by atoms with Gasteiger partial charge in [0, 0.05) is 44.1 Å². The summed E-state index contributed by atoms with van der Waals surface area (Å²) in [7, 11) is 1.60. The van der Waals surface area contributed by atoms with Crippen molar-refractivity contribution in [1.82, 2.24) is 24.5 Å². The van der Waals surface area contributed by atoms with Crippen molar-refractivity contribution in [3.63, 3.8) is 0 Å².